The van der Waals surface area contributed by atoms with E-state index >= 15 is 0 Å². The van der Waals surface area contributed by atoms with Gasteiger partial charge in [0.1, 0.15) is 0 Å². The van der Waals surface area contributed by atoms with Crippen molar-refractivity contribution in [2.45, 2.75) is 33.0 Å². The van der Waals surface area contributed by atoms with Gasteiger partial charge in [-0.2, -0.15) is 0 Å². The Labute approximate surface area is 98.6 Å². The third-order valence-electron chi connectivity index (χ3n) is 0.555. The molecule has 0 saturated carbocycles. The van der Waals surface area contributed by atoms with Crippen molar-refractivity contribution in [3.8, 4) is 0 Å². The van der Waals surface area contributed by atoms with Crippen molar-refractivity contribution in [3.63, 3.8) is 0 Å². The monoisotopic (exact) mass is 282 g/mol. The summed E-state index contributed by atoms with van der Waals surface area (Å²) >= 11 is 0. The standard InChI is InChI=1S/C6H15OSi.HI.Mg/c1-6(2)7-8(3,4)5;;/h6H,3H2,1-2,4-5H3;1H;/q-1;;+2/p-1. The molecule has 0 unspecified atom stereocenters. The van der Waals surface area contributed by atoms with Crippen molar-refractivity contribution in [2.24, 2.45) is 0 Å². The Morgan fingerprint density at radius 2 is 1.60 bits per heavy atom. The van der Waals surface area contributed by atoms with Gasteiger partial charge in [-0.05, 0) is 13.8 Å². The van der Waals surface area contributed by atoms with E-state index in [-0.39, 0.29) is 47.0 Å². The number of hydrogen-bond donors (Lipinski definition) is 0. The van der Waals surface area contributed by atoms with Crippen LogP contribution in [-0.4, -0.2) is 37.5 Å². The van der Waals surface area contributed by atoms with Crippen LogP contribution in [-0.2, 0) is 4.43 Å². The first-order valence-corrected chi connectivity index (χ1v) is 6.06. The molecule has 0 aliphatic carbocycles. The molecule has 0 bridgehead atoms. The molecule has 0 atom stereocenters. The summed E-state index contributed by atoms with van der Waals surface area (Å²) < 4.78 is 5.47. The van der Waals surface area contributed by atoms with Crippen molar-refractivity contribution in [1.82, 2.24) is 0 Å². The molecule has 58 valence electrons. The first kappa shape index (κ1) is 17.7. The van der Waals surface area contributed by atoms with Crippen molar-refractivity contribution in [3.05, 3.63) is 6.55 Å². The number of rotatable bonds is 2. The Bertz CT molecular complexity index is 72.6. The van der Waals surface area contributed by atoms with E-state index in [0.29, 0.717) is 6.10 Å². The van der Waals surface area contributed by atoms with Crippen LogP contribution < -0.4 is 24.0 Å². The van der Waals surface area contributed by atoms with E-state index in [1.165, 1.54) is 0 Å². The van der Waals surface area contributed by atoms with Crippen LogP contribution in [0.25, 0.3) is 0 Å². The molecule has 0 aromatic carbocycles. The van der Waals surface area contributed by atoms with Crippen LogP contribution in [0.4, 0.5) is 0 Å². The molecule has 0 aromatic rings. The van der Waals surface area contributed by atoms with Gasteiger partial charge in [-0.15, -0.1) is 0 Å². The fraction of sp³-hybridized carbons (Fsp3) is 0.833. The Kier molecular flexibility index (Phi) is 13.0. The second-order valence-electron chi connectivity index (χ2n) is 2.93. The van der Waals surface area contributed by atoms with Crippen LogP contribution in [0.1, 0.15) is 13.8 Å². The molecule has 0 radical (unpaired) electrons. The molecule has 0 aromatic heterocycles. The van der Waals surface area contributed by atoms with Gasteiger partial charge < -0.3 is 34.9 Å². The molecule has 0 rings (SSSR count). The van der Waals surface area contributed by atoms with Crippen molar-refractivity contribution < 1.29 is 28.4 Å². The summed E-state index contributed by atoms with van der Waals surface area (Å²) in [6.07, 6.45) is 0.342. The van der Waals surface area contributed by atoms with Gasteiger partial charge in [-0.1, -0.05) is 13.1 Å². The Hall–Kier alpha value is 1.67. The smallest absolute Gasteiger partial charge is 1.00 e. The maximum Gasteiger partial charge on any atom is 2.00 e. The molecule has 0 amide bonds. The molecule has 0 fully saturated rings. The zero-order valence-corrected chi connectivity index (χ0v) is 11.8. The van der Waals surface area contributed by atoms with Gasteiger partial charge in [0.15, 0.2) is 0 Å². The fourth-order valence-electron chi connectivity index (χ4n) is 0.638. The Morgan fingerprint density at radius 3 is 1.60 bits per heavy atom. The molecule has 0 heterocycles. The summed E-state index contributed by atoms with van der Waals surface area (Å²) in [6, 6.07) is 0. The van der Waals surface area contributed by atoms with Crippen LogP contribution in [0, 0.1) is 6.55 Å². The van der Waals surface area contributed by atoms with Gasteiger partial charge in [0.2, 0.25) is 0 Å². The van der Waals surface area contributed by atoms with Gasteiger partial charge in [0, 0.05) is 14.4 Å². The molecule has 1 nitrogen and oxygen atoms in total. The SMILES string of the molecule is [CH2-][Si](C)(C)OC(C)C.[I-].[Mg+2]. The number of halogens is 1. The van der Waals surface area contributed by atoms with E-state index in [1.54, 1.807) is 0 Å². The minimum atomic E-state index is -1.47. The maximum atomic E-state index is 5.47. The predicted octanol–water partition coefficient (Wildman–Crippen LogP) is -1.39. The largest absolute Gasteiger partial charge is 2.00 e. The van der Waals surface area contributed by atoms with Gasteiger partial charge in [0.05, 0.1) is 0 Å². The summed E-state index contributed by atoms with van der Waals surface area (Å²) in [5.74, 6) is 0. The van der Waals surface area contributed by atoms with E-state index in [0.717, 1.165) is 0 Å². The van der Waals surface area contributed by atoms with E-state index < -0.39 is 8.32 Å². The van der Waals surface area contributed by atoms with Crippen LogP contribution in [0.3, 0.4) is 0 Å². The van der Waals surface area contributed by atoms with E-state index in [9.17, 15) is 0 Å². The molecule has 0 aliphatic rings. The van der Waals surface area contributed by atoms with Crippen molar-refractivity contribution >= 4 is 31.4 Å². The average molecular weight is 282 g/mol. The zero-order chi connectivity index (χ0) is 6.78. The predicted molar refractivity (Wildman–Crippen MR) is 44.8 cm³/mol. The summed E-state index contributed by atoms with van der Waals surface area (Å²) in [5, 5.41) is 0. The fourth-order valence-corrected chi connectivity index (χ4v) is 1.91. The third kappa shape index (κ3) is 16.3. The van der Waals surface area contributed by atoms with Crippen molar-refractivity contribution in [1.29, 1.82) is 0 Å². The Morgan fingerprint density at radius 1 is 1.30 bits per heavy atom. The molecular formula is C6H15IMgOSi. The Balaban J connectivity index is -0.000000245. The summed E-state index contributed by atoms with van der Waals surface area (Å²) in [4.78, 5) is 0. The quantitative estimate of drug-likeness (QED) is 0.344. The molecule has 4 heteroatoms. The third-order valence-corrected chi connectivity index (χ3v) is 1.66. The second kappa shape index (κ2) is 7.33. The second-order valence-corrected chi connectivity index (χ2v) is 6.68. The molecule has 0 spiro atoms. The van der Waals surface area contributed by atoms with E-state index in [1.807, 2.05) is 13.8 Å². The molecular weight excluding hydrogens is 267 g/mol. The minimum absolute atomic E-state index is 0. The summed E-state index contributed by atoms with van der Waals surface area (Å²) in [7, 11) is -1.47. The summed E-state index contributed by atoms with van der Waals surface area (Å²) in [5.41, 5.74) is 0. The van der Waals surface area contributed by atoms with E-state index in [4.69, 9.17) is 4.43 Å². The first-order valence-electron chi connectivity index (χ1n) is 2.95. The van der Waals surface area contributed by atoms with Crippen LogP contribution in [0.15, 0.2) is 0 Å². The van der Waals surface area contributed by atoms with Gasteiger partial charge in [0.25, 0.3) is 0 Å². The zero-order valence-electron chi connectivity index (χ0n) is 7.28. The molecule has 0 N–H and O–H groups in total. The van der Waals surface area contributed by atoms with Crippen LogP contribution in [0.2, 0.25) is 13.1 Å². The molecule has 10 heavy (non-hydrogen) atoms. The minimum Gasteiger partial charge on any atom is -1.00 e. The number of hydrogen-bond acceptors (Lipinski definition) is 1. The van der Waals surface area contributed by atoms with Crippen LogP contribution >= 0.6 is 0 Å². The van der Waals surface area contributed by atoms with Crippen LogP contribution in [0.5, 0.6) is 0 Å². The topological polar surface area (TPSA) is 9.23 Å². The summed E-state index contributed by atoms with van der Waals surface area (Å²) in [6.45, 7) is 12.2. The molecule has 0 aliphatic heterocycles. The molecule has 0 saturated heterocycles. The van der Waals surface area contributed by atoms with Crippen molar-refractivity contribution in [2.75, 3.05) is 0 Å². The average Bonchev–Trinajstić information content (AvgIpc) is 1.21. The normalized spacial score (nSPS) is 10.2. The van der Waals surface area contributed by atoms with Gasteiger partial charge in [-0.25, -0.2) is 0 Å². The maximum absolute atomic E-state index is 5.47. The van der Waals surface area contributed by atoms with Gasteiger partial charge in [-0.3, -0.25) is 0 Å². The van der Waals surface area contributed by atoms with Gasteiger partial charge >= 0.3 is 23.1 Å². The van der Waals surface area contributed by atoms with E-state index in [2.05, 4.69) is 19.6 Å². The first-order chi connectivity index (χ1) is 3.42.